The third-order valence-corrected chi connectivity index (χ3v) is 2.87. The maximum absolute atomic E-state index is 9.82. The van der Waals surface area contributed by atoms with Gasteiger partial charge in [0.25, 0.3) is 0 Å². The van der Waals surface area contributed by atoms with E-state index in [-0.39, 0.29) is 6.10 Å². The van der Waals surface area contributed by atoms with Crippen molar-refractivity contribution >= 4 is 0 Å². The number of aliphatic hydroxyl groups is 1. The average molecular weight is 216 g/mol. The van der Waals surface area contributed by atoms with Crippen LogP contribution >= 0.6 is 0 Å². The van der Waals surface area contributed by atoms with Crippen LogP contribution in [0.15, 0.2) is 0 Å². The third-order valence-electron chi connectivity index (χ3n) is 2.87. The van der Waals surface area contributed by atoms with Crippen molar-refractivity contribution in [2.45, 2.75) is 52.7 Å². The molecule has 2 atom stereocenters. The lowest BCUT2D eigenvalue weighted by Gasteiger charge is -2.29. The Hall–Kier alpha value is -0.120. The van der Waals surface area contributed by atoms with Crippen LogP contribution in [0.5, 0.6) is 0 Å². The minimum absolute atomic E-state index is 0.245. The molecule has 2 N–H and O–H groups in total. The molecule has 0 aliphatic heterocycles. The Bertz CT molecular complexity index is 142. The summed E-state index contributed by atoms with van der Waals surface area (Å²) >= 11 is 0. The molecule has 0 rings (SSSR count). The van der Waals surface area contributed by atoms with Gasteiger partial charge in [-0.15, -0.1) is 0 Å². The number of hydrogen-bond acceptors (Lipinski definition) is 3. The molecule has 3 nitrogen and oxygen atoms in total. The zero-order chi connectivity index (χ0) is 11.7. The van der Waals surface area contributed by atoms with Crippen molar-refractivity contribution in [3.05, 3.63) is 0 Å². The molecular weight excluding hydrogens is 188 g/mol. The molecule has 3 heteroatoms. The number of hydrogen-bond donors (Lipinski definition) is 2. The van der Waals surface area contributed by atoms with Crippen LogP contribution in [-0.4, -0.2) is 48.3 Å². The Kier molecular flexibility index (Phi) is 9.06. The monoisotopic (exact) mass is 216 g/mol. The summed E-state index contributed by atoms with van der Waals surface area (Å²) in [6.07, 6.45) is 2.02. The lowest BCUT2D eigenvalue weighted by molar-refractivity contribution is 0.0927. The third kappa shape index (κ3) is 6.88. The molecule has 15 heavy (non-hydrogen) atoms. The Morgan fingerprint density at radius 1 is 1.27 bits per heavy atom. The normalized spacial score (nSPS) is 15.6. The first-order valence-electron chi connectivity index (χ1n) is 6.28. The molecule has 0 aromatic rings. The van der Waals surface area contributed by atoms with E-state index < -0.39 is 0 Å². The van der Waals surface area contributed by atoms with E-state index >= 15 is 0 Å². The number of nitrogens with one attached hydrogen (secondary N) is 1. The molecule has 0 saturated carbocycles. The maximum Gasteiger partial charge on any atom is 0.0791 e. The Morgan fingerprint density at radius 2 is 1.93 bits per heavy atom. The molecule has 0 radical (unpaired) electrons. The molecule has 0 spiro atoms. The number of likely N-dealkylation sites (N-methyl/N-ethyl adjacent to an activating group) is 1. The lowest BCUT2D eigenvalue weighted by Crippen LogP contribution is -2.42. The molecule has 0 aromatic heterocycles. The van der Waals surface area contributed by atoms with Gasteiger partial charge in [-0.2, -0.15) is 0 Å². The fourth-order valence-corrected chi connectivity index (χ4v) is 1.66. The first-order valence-corrected chi connectivity index (χ1v) is 6.28. The molecule has 2 unspecified atom stereocenters. The zero-order valence-corrected chi connectivity index (χ0v) is 10.8. The second kappa shape index (κ2) is 9.13. The van der Waals surface area contributed by atoms with Crippen molar-refractivity contribution in [1.82, 2.24) is 10.2 Å². The summed E-state index contributed by atoms with van der Waals surface area (Å²) in [5, 5.41) is 13.1. The minimum atomic E-state index is -0.245. The van der Waals surface area contributed by atoms with Gasteiger partial charge in [0.1, 0.15) is 0 Å². The maximum atomic E-state index is 9.82. The summed E-state index contributed by atoms with van der Waals surface area (Å²) in [5.41, 5.74) is 0. The minimum Gasteiger partial charge on any atom is -0.390 e. The van der Waals surface area contributed by atoms with Gasteiger partial charge < -0.3 is 10.4 Å². The molecule has 0 aliphatic carbocycles. The van der Waals surface area contributed by atoms with Gasteiger partial charge in [0, 0.05) is 19.1 Å². The van der Waals surface area contributed by atoms with Crippen LogP contribution in [0.25, 0.3) is 0 Å². The molecule has 0 aliphatic rings. The molecule has 0 fully saturated rings. The summed E-state index contributed by atoms with van der Waals surface area (Å²) in [6.45, 7) is 12.2. The fraction of sp³-hybridized carbons (Fsp3) is 1.00. The van der Waals surface area contributed by atoms with Gasteiger partial charge in [-0.05, 0) is 32.9 Å². The summed E-state index contributed by atoms with van der Waals surface area (Å²) in [4.78, 5) is 2.33. The largest absolute Gasteiger partial charge is 0.390 e. The lowest BCUT2D eigenvalue weighted by atomic mass is 10.2. The van der Waals surface area contributed by atoms with E-state index in [1.54, 1.807) is 0 Å². The molecule has 0 heterocycles. The number of rotatable bonds is 9. The van der Waals surface area contributed by atoms with E-state index in [9.17, 15) is 5.11 Å². The molecule has 0 saturated heterocycles. The van der Waals surface area contributed by atoms with Crippen molar-refractivity contribution in [2.24, 2.45) is 0 Å². The van der Waals surface area contributed by atoms with E-state index in [4.69, 9.17) is 0 Å². The van der Waals surface area contributed by atoms with E-state index in [0.29, 0.717) is 12.6 Å². The average Bonchev–Trinajstić information content (AvgIpc) is 2.25. The van der Waals surface area contributed by atoms with E-state index in [1.807, 2.05) is 0 Å². The van der Waals surface area contributed by atoms with Crippen LogP contribution in [0, 0.1) is 0 Å². The standard InChI is InChI=1S/C12H28N2O/c1-5-8-13-9-12(15)10-14(7-3)11(4)6-2/h11-13,15H,5-10H2,1-4H3. The summed E-state index contributed by atoms with van der Waals surface area (Å²) < 4.78 is 0. The van der Waals surface area contributed by atoms with Gasteiger partial charge in [-0.25, -0.2) is 0 Å². The highest BCUT2D eigenvalue weighted by atomic mass is 16.3. The number of nitrogens with zero attached hydrogens (tertiary/aromatic N) is 1. The van der Waals surface area contributed by atoms with Crippen LogP contribution < -0.4 is 5.32 Å². The molecule has 92 valence electrons. The van der Waals surface area contributed by atoms with Crippen LogP contribution in [0.1, 0.15) is 40.5 Å². The summed E-state index contributed by atoms with van der Waals surface area (Å²) in [6, 6.07) is 0.566. The van der Waals surface area contributed by atoms with Gasteiger partial charge in [0.05, 0.1) is 6.10 Å². The van der Waals surface area contributed by atoms with Crippen LogP contribution in [0.2, 0.25) is 0 Å². The SMILES string of the molecule is CCCNCC(O)CN(CC)C(C)CC. The summed E-state index contributed by atoms with van der Waals surface area (Å²) in [7, 11) is 0. The first kappa shape index (κ1) is 14.9. The smallest absolute Gasteiger partial charge is 0.0791 e. The van der Waals surface area contributed by atoms with Gasteiger partial charge in [-0.1, -0.05) is 20.8 Å². The van der Waals surface area contributed by atoms with Gasteiger partial charge >= 0.3 is 0 Å². The Morgan fingerprint density at radius 3 is 2.40 bits per heavy atom. The summed E-state index contributed by atoms with van der Waals surface area (Å²) in [5.74, 6) is 0. The van der Waals surface area contributed by atoms with Crippen molar-refractivity contribution in [3.8, 4) is 0 Å². The predicted molar refractivity (Wildman–Crippen MR) is 66.2 cm³/mol. The first-order chi connectivity index (χ1) is 7.15. The van der Waals surface area contributed by atoms with E-state index in [2.05, 4.69) is 37.9 Å². The Balaban J connectivity index is 3.74. The quantitative estimate of drug-likeness (QED) is 0.573. The van der Waals surface area contributed by atoms with Crippen molar-refractivity contribution in [3.63, 3.8) is 0 Å². The molecule has 0 amide bonds. The van der Waals surface area contributed by atoms with Crippen LogP contribution in [0.3, 0.4) is 0 Å². The van der Waals surface area contributed by atoms with Crippen molar-refractivity contribution in [1.29, 1.82) is 0 Å². The second-order valence-corrected chi connectivity index (χ2v) is 4.20. The highest BCUT2D eigenvalue weighted by Crippen LogP contribution is 2.03. The van der Waals surface area contributed by atoms with E-state index in [0.717, 1.165) is 32.5 Å². The fourth-order valence-electron chi connectivity index (χ4n) is 1.66. The highest BCUT2D eigenvalue weighted by molar-refractivity contribution is 4.70. The van der Waals surface area contributed by atoms with Crippen molar-refractivity contribution in [2.75, 3.05) is 26.2 Å². The van der Waals surface area contributed by atoms with Crippen LogP contribution in [0.4, 0.5) is 0 Å². The molecule has 0 aromatic carbocycles. The topological polar surface area (TPSA) is 35.5 Å². The highest BCUT2D eigenvalue weighted by Gasteiger charge is 2.14. The van der Waals surface area contributed by atoms with Crippen molar-refractivity contribution < 1.29 is 5.11 Å². The van der Waals surface area contributed by atoms with E-state index in [1.165, 1.54) is 0 Å². The van der Waals surface area contributed by atoms with Gasteiger partial charge in [0.2, 0.25) is 0 Å². The molecule has 0 bridgehead atoms. The number of aliphatic hydroxyl groups excluding tert-OH is 1. The predicted octanol–water partition coefficient (Wildman–Crippen LogP) is 1.47. The Labute approximate surface area is 94.9 Å². The second-order valence-electron chi connectivity index (χ2n) is 4.20. The van der Waals surface area contributed by atoms with Crippen LogP contribution in [-0.2, 0) is 0 Å². The molecular formula is C12H28N2O. The van der Waals surface area contributed by atoms with Gasteiger partial charge in [-0.3, -0.25) is 4.90 Å². The van der Waals surface area contributed by atoms with Gasteiger partial charge in [0.15, 0.2) is 0 Å². The zero-order valence-electron chi connectivity index (χ0n) is 10.8.